The van der Waals surface area contributed by atoms with E-state index in [0.29, 0.717) is 0 Å². The fourth-order valence-corrected chi connectivity index (χ4v) is 2.54. The minimum Gasteiger partial charge on any atom is -0.338 e. The van der Waals surface area contributed by atoms with Gasteiger partial charge in [-0.05, 0) is 38.9 Å². The average Bonchev–Trinajstić information content (AvgIpc) is 2.74. The first kappa shape index (κ1) is 12.6. The number of nitrogens with one attached hydrogen (secondary N) is 1. The smallest absolute Gasteiger partial charge is 0.109 e. The normalized spacial score (nSPS) is 21.0. The molecule has 0 aliphatic carbocycles. The first-order valence-electron chi connectivity index (χ1n) is 6.61. The largest absolute Gasteiger partial charge is 0.338 e. The average molecular weight is 236 g/mol. The third kappa shape index (κ3) is 3.82. The molecule has 0 aromatic carbocycles. The van der Waals surface area contributed by atoms with Crippen LogP contribution in [0.25, 0.3) is 0 Å². The molecule has 0 radical (unpaired) electrons. The van der Waals surface area contributed by atoms with E-state index in [1.54, 1.807) is 0 Å². The van der Waals surface area contributed by atoms with E-state index in [0.717, 1.165) is 18.9 Å². The van der Waals surface area contributed by atoms with Gasteiger partial charge in [0.15, 0.2) is 0 Å². The number of piperidine rings is 1. The summed E-state index contributed by atoms with van der Waals surface area (Å²) in [6.45, 7) is 4.69. The molecule has 1 aliphatic rings. The van der Waals surface area contributed by atoms with Gasteiger partial charge in [-0.1, -0.05) is 0 Å². The van der Waals surface area contributed by atoms with E-state index < -0.39 is 0 Å². The number of likely N-dealkylation sites (N-methyl/N-ethyl adjacent to an activating group) is 1. The van der Waals surface area contributed by atoms with Crippen LogP contribution in [-0.2, 0) is 13.5 Å². The molecule has 1 atom stereocenters. The van der Waals surface area contributed by atoms with Gasteiger partial charge in [0.05, 0.1) is 0 Å². The molecule has 1 N–H and O–H groups in total. The zero-order valence-corrected chi connectivity index (χ0v) is 11.0. The number of hydrogen-bond acceptors (Lipinski definition) is 3. The van der Waals surface area contributed by atoms with Crippen LogP contribution in [0.3, 0.4) is 0 Å². The van der Waals surface area contributed by atoms with Crippen LogP contribution >= 0.6 is 0 Å². The van der Waals surface area contributed by atoms with Crippen molar-refractivity contribution in [3.8, 4) is 0 Å². The van der Waals surface area contributed by atoms with Crippen molar-refractivity contribution in [2.75, 3.05) is 33.2 Å². The summed E-state index contributed by atoms with van der Waals surface area (Å²) in [4.78, 5) is 6.80. The van der Waals surface area contributed by atoms with Gasteiger partial charge in [-0.3, -0.25) is 0 Å². The number of imidazole rings is 1. The molecule has 4 heteroatoms. The Morgan fingerprint density at radius 2 is 2.47 bits per heavy atom. The van der Waals surface area contributed by atoms with Crippen LogP contribution in [0.2, 0.25) is 0 Å². The third-order valence-electron chi connectivity index (χ3n) is 3.61. The number of nitrogens with zero attached hydrogens (tertiary/aromatic N) is 3. The van der Waals surface area contributed by atoms with Crippen molar-refractivity contribution in [2.24, 2.45) is 13.0 Å². The quantitative estimate of drug-likeness (QED) is 0.824. The van der Waals surface area contributed by atoms with Gasteiger partial charge in [0.2, 0.25) is 0 Å². The van der Waals surface area contributed by atoms with E-state index in [-0.39, 0.29) is 0 Å². The Morgan fingerprint density at radius 1 is 1.59 bits per heavy atom. The van der Waals surface area contributed by atoms with Gasteiger partial charge < -0.3 is 14.8 Å². The number of aryl methyl sites for hydroxylation is 1. The molecule has 1 aromatic rings. The summed E-state index contributed by atoms with van der Waals surface area (Å²) in [5.74, 6) is 2.01. The lowest BCUT2D eigenvalue weighted by molar-refractivity contribution is 0.244. The molecule has 4 nitrogen and oxygen atoms in total. The number of aromatic nitrogens is 2. The lowest BCUT2D eigenvalue weighted by atomic mass is 9.99. The highest BCUT2D eigenvalue weighted by Crippen LogP contribution is 2.11. The zero-order chi connectivity index (χ0) is 12.1. The molecule has 0 amide bonds. The molecule has 2 heterocycles. The van der Waals surface area contributed by atoms with Gasteiger partial charge in [0.1, 0.15) is 5.82 Å². The second-order valence-corrected chi connectivity index (χ2v) is 5.18. The molecule has 0 bridgehead atoms. The van der Waals surface area contributed by atoms with Crippen LogP contribution in [0.4, 0.5) is 0 Å². The summed E-state index contributed by atoms with van der Waals surface area (Å²) in [7, 11) is 4.28. The highest BCUT2D eigenvalue weighted by atomic mass is 15.1. The zero-order valence-electron chi connectivity index (χ0n) is 11.0. The predicted molar refractivity (Wildman–Crippen MR) is 70.0 cm³/mol. The van der Waals surface area contributed by atoms with E-state index in [1.807, 2.05) is 12.4 Å². The van der Waals surface area contributed by atoms with Gasteiger partial charge in [0, 0.05) is 39.0 Å². The van der Waals surface area contributed by atoms with Crippen molar-refractivity contribution in [3.63, 3.8) is 0 Å². The van der Waals surface area contributed by atoms with Crippen LogP contribution < -0.4 is 5.32 Å². The van der Waals surface area contributed by atoms with E-state index in [2.05, 4.69) is 33.9 Å². The number of hydrogen-bond donors (Lipinski definition) is 1. The molecule has 1 aromatic heterocycles. The Morgan fingerprint density at radius 3 is 3.12 bits per heavy atom. The summed E-state index contributed by atoms with van der Waals surface area (Å²) in [5.41, 5.74) is 0. The lowest BCUT2D eigenvalue weighted by Gasteiger charge is -2.27. The molecule has 2 rings (SSSR count). The molecule has 1 unspecified atom stereocenters. The third-order valence-corrected chi connectivity index (χ3v) is 3.61. The summed E-state index contributed by atoms with van der Waals surface area (Å²) < 4.78 is 2.11. The Balaban J connectivity index is 1.70. The van der Waals surface area contributed by atoms with Crippen molar-refractivity contribution < 1.29 is 0 Å². The van der Waals surface area contributed by atoms with E-state index >= 15 is 0 Å². The Labute approximate surface area is 104 Å². The standard InChI is InChI=1S/C13H24N4/c1-16(11-12-4-3-6-14-10-12)8-5-13-15-7-9-17(13)2/h7,9,12,14H,3-6,8,10-11H2,1-2H3. The lowest BCUT2D eigenvalue weighted by Crippen LogP contribution is -2.37. The second-order valence-electron chi connectivity index (χ2n) is 5.18. The molecule has 17 heavy (non-hydrogen) atoms. The van der Waals surface area contributed by atoms with E-state index in [4.69, 9.17) is 0 Å². The van der Waals surface area contributed by atoms with Crippen LogP contribution in [0.5, 0.6) is 0 Å². The Bertz CT molecular complexity index is 328. The molecule has 1 fully saturated rings. The maximum absolute atomic E-state index is 4.36. The fourth-order valence-electron chi connectivity index (χ4n) is 2.54. The molecule has 0 spiro atoms. The first-order chi connectivity index (χ1) is 8.25. The maximum atomic E-state index is 4.36. The van der Waals surface area contributed by atoms with Gasteiger partial charge in [-0.25, -0.2) is 4.98 Å². The molecular formula is C13H24N4. The number of rotatable bonds is 5. The van der Waals surface area contributed by atoms with Crippen LogP contribution in [-0.4, -0.2) is 47.7 Å². The van der Waals surface area contributed by atoms with Crippen molar-refractivity contribution in [3.05, 3.63) is 18.2 Å². The van der Waals surface area contributed by atoms with Crippen LogP contribution in [0.1, 0.15) is 18.7 Å². The van der Waals surface area contributed by atoms with Crippen molar-refractivity contribution in [2.45, 2.75) is 19.3 Å². The van der Waals surface area contributed by atoms with Crippen molar-refractivity contribution in [1.82, 2.24) is 19.8 Å². The van der Waals surface area contributed by atoms with Gasteiger partial charge >= 0.3 is 0 Å². The van der Waals surface area contributed by atoms with Gasteiger partial charge in [0.25, 0.3) is 0 Å². The first-order valence-corrected chi connectivity index (χ1v) is 6.61. The molecule has 1 aliphatic heterocycles. The maximum Gasteiger partial charge on any atom is 0.109 e. The van der Waals surface area contributed by atoms with Crippen LogP contribution in [0.15, 0.2) is 12.4 Å². The van der Waals surface area contributed by atoms with Gasteiger partial charge in [-0.15, -0.1) is 0 Å². The van der Waals surface area contributed by atoms with Gasteiger partial charge in [-0.2, -0.15) is 0 Å². The SMILES string of the molecule is CN(CCc1nccn1C)CC1CCCNC1. The van der Waals surface area contributed by atoms with Crippen molar-refractivity contribution in [1.29, 1.82) is 0 Å². The summed E-state index contributed by atoms with van der Waals surface area (Å²) >= 11 is 0. The molecule has 96 valence electrons. The summed E-state index contributed by atoms with van der Waals surface area (Å²) in [6, 6.07) is 0. The molecule has 0 saturated carbocycles. The van der Waals surface area contributed by atoms with Crippen LogP contribution in [0, 0.1) is 5.92 Å². The van der Waals surface area contributed by atoms with Crippen molar-refractivity contribution >= 4 is 0 Å². The summed E-state index contributed by atoms with van der Waals surface area (Å²) in [5, 5.41) is 3.48. The Kier molecular flexibility index (Phi) is 4.57. The topological polar surface area (TPSA) is 33.1 Å². The highest BCUT2D eigenvalue weighted by Gasteiger charge is 2.14. The molecule has 1 saturated heterocycles. The summed E-state index contributed by atoms with van der Waals surface area (Å²) in [6.07, 6.45) is 7.64. The minimum atomic E-state index is 0.829. The van der Waals surface area contributed by atoms with E-state index in [9.17, 15) is 0 Å². The Hall–Kier alpha value is -0.870. The minimum absolute atomic E-state index is 0.829. The fraction of sp³-hybridized carbons (Fsp3) is 0.769. The van der Waals surface area contributed by atoms with E-state index in [1.165, 1.54) is 38.3 Å². The predicted octanol–water partition coefficient (Wildman–Crippen LogP) is 0.894. The second kappa shape index (κ2) is 6.17. The molecular weight excluding hydrogens is 212 g/mol. The highest BCUT2D eigenvalue weighted by molar-refractivity contribution is 4.91. The monoisotopic (exact) mass is 236 g/mol.